The van der Waals surface area contributed by atoms with Crippen molar-refractivity contribution in [2.75, 3.05) is 6.54 Å². The van der Waals surface area contributed by atoms with Crippen molar-refractivity contribution < 1.29 is 4.79 Å². The molecular formula is C17H20N2O2. The van der Waals surface area contributed by atoms with Crippen LogP contribution < -0.4 is 10.9 Å². The van der Waals surface area contributed by atoms with Crippen LogP contribution in [0.5, 0.6) is 0 Å². The van der Waals surface area contributed by atoms with E-state index in [0.717, 1.165) is 10.9 Å². The highest BCUT2D eigenvalue weighted by Crippen LogP contribution is 2.17. The van der Waals surface area contributed by atoms with Crippen LogP contribution >= 0.6 is 0 Å². The predicted molar refractivity (Wildman–Crippen MR) is 85.9 cm³/mol. The number of hydrogen-bond donors (Lipinski definition) is 1. The molecule has 4 nitrogen and oxygen atoms in total. The summed E-state index contributed by atoms with van der Waals surface area (Å²) < 4.78 is 1.54. The summed E-state index contributed by atoms with van der Waals surface area (Å²) in [5, 5.41) is 4.16. The van der Waals surface area contributed by atoms with Crippen LogP contribution in [0, 0.1) is 6.92 Å². The van der Waals surface area contributed by atoms with E-state index in [1.54, 1.807) is 16.7 Å². The van der Waals surface area contributed by atoms with Crippen molar-refractivity contribution in [2.45, 2.75) is 26.8 Å². The van der Waals surface area contributed by atoms with Gasteiger partial charge in [-0.3, -0.25) is 9.59 Å². The molecule has 0 aliphatic heterocycles. The molecule has 4 heteroatoms. The molecule has 110 valence electrons. The van der Waals surface area contributed by atoms with Crippen molar-refractivity contribution >= 4 is 16.7 Å². The fourth-order valence-corrected chi connectivity index (χ4v) is 2.38. The third-order valence-corrected chi connectivity index (χ3v) is 3.37. The topological polar surface area (TPSA) is 51.1 Å². The number of carbonyl (C=O) groups is 1. The van der Waals surface area contributed by atoms with Crippen LogP contribution in [-0.2, 0) is 0 Å². The zero-order chi connectivity index (χ0) is 15.6. The lowest BCUT2D eigenvalue weighted by Gasteiger charge is -2.17. The molecule has 0 aliphatic rings. The second kappa shape index (κ2) is 5.95. The van der Waals surface area contributed by atoms with Crippen LogP contribution in [0.25, 0.3) is 10.8 Å². The van der Waals surface area contributed by atoms with Gasteiger partial charge in [0.05, 0.1) is 0 Å². The minimum absolute atomic E-state index is 0.0908. The average molecular weight is 284 g/mol. The van der Waals surface area contributed by atoms with E-state index in [-0.39, 0.29) is 17.5 Å². The van der Waals surface area contributed by atoms with E-state index < -0.39 is 0 Å². The number of nitrogens with one attached hydrogen (secondary N) is 1. The van der Waals surface area contributed by atoms with Gasteiger partial charge in [0.25, 0.3) is 11.5 Å². The van der Waals surface area contributed by atoms with Gasteiger partial charge in [-0.2, -0.15) is 0 Å². The number of benzene rings is 1. The Morgan fingerprint density at radius 3 is 2.71 bits per heavy atom. The average Bonchev–Trinajstić information content (AvgIpc) is 2.44. The maximum atomic E-state index is 12.7. The van der Waals surface area contributed by atoms with Crippen molar-refractivity contribution in [2.24, 2.45) is 0 Å². The molecule has 0 unspecified atom stereocenters. The lowest BCUT2D eigenvalue weighted by atomic mass is 10.1. The summed E-state index contributed by atoms with van der Waals surface area (Å²) in [6.45, 7) is 9.69. The molecule has 1 heterocycles. The monoisotopic (exact) mass is 284 g/mol. The van der Waals surface area contributed by atoms with Crippen molar-refractivity contribution in [1.29, 1.82) is 0 Å². The Bertz CT molecular complexity index is 757. The normalized spacial score (nSPS) is 10.9. The minimum Gasteiger partial charge on any atom is -0.347 e. The maximum absolute atomic E-state index is 12.7. The van der Waals surface area contributed by atoms with Crippen LogP contribution in [0.2, 0.25) is 0 Å². The van der Waals surface area contributed by atoms with Gasteiger partial charge in [0.2, 0.25) is 0 Å². The van der Waals surface area contributed by atoms with Crippen molar-refractivity contribution in [3.8, 4) is 0 Å². The summed E-state index contributed by atoms with van der Waals surface area (Å²) in [5.41, 5.74) is 1.28. The molecule has 1 amide bonds. The largest absolute Gasteiger partial charge is 0.347 e. The van der Waals surface area contributed by atoms with Crippen molar-refractivity contribution in [3.05, 3.63) is 58.5 Å². The number of rotatable bonds is 4. The zero-order valence-corrected chi connectivity index (χ0v) is 12.6. The zero-order valence-electron chi connectivity index (χ0n) is 12.6. The van der Waals surface area contributed by atoms with Gasteiger partial charge < -0.3 is 9.88 Å². The molecule has 2 aromatic rings. The van der Waals surface area contributed by atoms with Gasteiger partial charge in [0.15, 0.2) is 0 Å². The van der Waals surface area contributed by atoms with Gasteiger partial charge in [-0.25, -0.2) is 0 Å². The quantitative estimate of drug-likeness (QED) is 0.878. The van der Waals surface area contributed by atoms with E-state index in [0.29, 0.717) is 17.6 Å². The van der Waals surface area contributed by atoms with Gasteiger partial charge in [-0.15, -0.1) is 6.58 Å². The molecule has 0 saturated carbocycles. The molecule has 0 radical (unpaired) electrons. The van der Waals surface area contributed by atoms with Gasteiger partial charge in [0, 0.05) is 18.0 Å². The van der Waals surface area contributed by atoms with E-state index >= 15 is 0 Å². The second-order valence-electron chi connectivity index (χ2n) is 5.39. The number of carbonyl (C=O) groups excluding carboxylic acids is 1. The van der Waals surface area contributed by atoms with Gasteiger partial charge in [-0.1, -0.05) is 23.8 Å². The number of pyridine rings is 1. The molecule has 0 aliphatic carbocycles. The highest BCUT2D eigenvalue weighted by atomic mass is 16.2. The van der Waals surface area contributed by atoms with Crippen molar-refractivity contribution in [3.63, 3.8) is 0 Å². The van der Waals surface area contributed by atoms with Crippen LogP contribution in [-0.4, -0.2) is 17.0 Å². The van der Waals surface area contributed by atoms with E-state index in [2.05, 4.69) is 11.9 Å². The summed E-state index contributed by atoms with van der Waals surface area (Å²) in [7, 11) is 0. The fraction of sp³-hybridized carbons (Fsp3) is 0.294. The molecule has 1 N–H and O–H groups in total. The predicted octanol–water partition coefficient (Wildman–Crippen LogP) is 2.81. The van der Waals surface area contributed by atoms with E-state index in [4.69, 9.17) is 0 Å². The molecule has 21 heavy (non-hydrogen) atoms. The molecular weight excluding hydrogens is 264 g/mol. The Kier molecular flexibility index (Phi) is 4.26. The summed E-state index contributed by atoms with van der Waals surface area (Å²) >= 11 is 0. The Balaban J connectivity index is 2.72. The van der Waals surface area contributed by atoms with E-state index in [1.165, 1.54) is 0 Å². The Hall–Kier alpha value is -2.36. The smallest absolute Gasteiger partial charge is 0.268 e. The van der Waals surface area contributed by atoms with Crippen LogP contribution in [0.3, 0.4) is 0 Å². The first kappa shape index (κ1) is 15.0. The Labute approximate surface area is 124 Å². The molecule has 2 rings (SSSR count). The Morgan fingerprint density at radius 1 is 1.38 bits per heavy atom. The highest BCUT2D eigenvalue weighted by Gasteiger charge is 2.17. The first-order valence-corrected chi connectivity index (χ1v) is 7.00. The first-order valence-electron chi connectivity index (χ1n) is 7.00. The summed E-state index contributed by atoms with van der Waals surface area (Å²) in [4.78, 5) is 25.0. The first-order chi connectivity index (χ1) is 9.95. The van der Waals surface area contributed by atoms with Gasteiger partial charge in [-0.05, 0) is 38.3 Å². The summed E-state index contributed by atoms with van der Waals surface area (Å²) in [6, 6.07) is 7.36. The number of hydrogen-bond acceptors (Lipinski definition) is 2. The second-order valence-corrected chi connectivity index (χ2v) is 5.39. The minimum atomic E-state index is -0.261. The van der Waals surface area contributed by atoms with Crippen molar-refractivity contribution in [1.82, 2.24) is 9.88 Å². The number of aromatic nitrogens is 1. The fourth-order valence-electron chi connectivity index (χ4n) is 2.38. The molecule has 1 aromatic carbocycles. The van der Waals surface area contributed by atoms with E-state index in [9.17, 15) is 9.59 Å². The van der Waals surface area contributed by atoms with Gasteiger partial charge in [0.1, 0.15) is 5.69 Å². The Morgan fingerprint density at radius 2 is 2.10 bits per heavy atom. The lowest BCUT2D eigenvalue weighted by Crippen LogP contribution is -2.33. The lowest BCUT2D eigenvalue weighted by molar-refractivity contribution is 0.0946. The maximum Gasteiger partial charge on any atom is 0.268 e. The van der Waals surface area contributed by atoms with Gasteiger partial charge >= 0.3 is 0 Å². The van der Waals surface area contributed by atoms with Crippen LogP contribution in [0.1, 0.15) is 35.9 Å². The molecule has 0 spiro atoms. The molecule has 0 saturated heterocycles. The highest BCUT2D eigenvalue weighted by molar-refractivity contribution is 5.96. The molecule has 0 fully saturated rings. The van der Waals surface area contributed by atoms with Crippen LogP contribution in [0.4, 0.5) is 0 Å². The third kappa shape index (κ3) is 2.89. The molecule has 1 aromatic heterocycles. The summed E-state index contributed by atoms with van der Waals surface area (Å²) in [5.74, 6) is -0.261. The third-order valence-electron chi connectivity index (χ3n) is 3.37. The van der Waals surface area contributed by atoms with Crippen LogP contribution in [0.15, 0.2) is 41.7 Å². The SMILES string of the molecule is C=CCNC(=O)c1cc2ccc(C)cc2c(=O)n1C(C)C. The number of aryl methyl sites for hydroxylation is 1. The summed E-state index contributed by atoms with van der Waals surface area (Å²) in [6.07, 6.45) is 1.61. The number of amides is 1. The number of fused-ring (bicyclic) bond motifs is 1. The number of nitrogens with zero attached hydrogens (tertiary/aromatic N) is 1. The van der Waals surface area contributed by atoms with E-state index in [1.807, 2.05) is 39.0 Å². The standard InChI is InChI=1S/C17H20N2O2/c1-5-8-18-16(20)15-10-13-7-6-12(4)9-14(13)17(21)19(15)11(2)3/h5-7,9-11H,1,8H2,2-4H3,(H,18,20). The molecule has 0 atom stereocenters. The molecule has 0 bridgehead atoms.